The van der Waals surface area contributed by atoms with Crippen LogP contribution in [0.3, 0.4) is 0 Å². The first-order valence-electron chi connectivity index (χ1n) is 6.69. The number of hydrogen-bond acceptors (Lipinski definition) is 6. The molecule has 1 N–H and O–H groups in total. The lowest BCUT2D eigenvalue weighted by atomic mass is 10.2. The summed E-state index contributed by atoms with van der Waals surface area (Å²) in [6.07, 6.45) is 1.96. The van der Waals surface area contributed by atoms with Crippen LogP contribution in [0.15, 0.2) is 22.4 Å². The van der Waals surface area contributed by atoms with Crippen molar-refractivity contribution in [2.24, 2.45) is 0 Å². The van der Waals surface area contributed by atoms with Crippen LogP contribution in [0.25, 0.3) is 4.96 Å². The topological polar surface area (TPSA) is 58.9 Å². The lowest BCUT2D eigenvalue weighted by molar-refractivity contribution is 0.00868. The fourth-order valence-corrected chi connectivity index (χ4v) is 3.13. The molecule has 1 aliphatic rings. The quantitative estimate of drug-likeness (QED) is 0.871. The lowest BCUT2D eigenvalue weighted by Crippen LogP contribution is -2.44. The number of nitrogens with one attached hydrogen (secondary N) is 1. The zero-order valence-corrected chi connectivity index (χ0v) is 12.2. The second-order valence-corrected chi connectivity index (χ2v) is 5.91. The van der Waals surface area contributed by atoms with Gasteiger partial charge in [-0.05, 0) is 7.05 Å². The number of fused-ring (bicyclic) bond motifs is 1. The predicted molar refractivity (Wildman–Crippen MR) is 78.3 cm³/mol. The number of aromatic nitrogens is 2. The van der Waals surface area contributed by atoms with E-state index in [-0.39, 0.29) is 11.7 Å². The summed E-state index contributed by atoms with van der Waals surface area (Å²) in [7, 11) is 2.02. The summed E-state index contributed by atoms with van der Waals surface area (Å²) < 4.78 is 7.25. The molecule has 3 rings (SSSR count). The van der Waals surface area contributed by atoms with Crippen molar-refractivity contribution >= 4 is 16.3 Å². The highest BCUT2D eigenvalue weighted by atomic mass is 32.1. The van der Waals surface area contributed by atoms with Crippen molar-refractivity contribution in [3.63, 3.8) is 0 Å². The average Bonchev–Trinajstić information content (AvgIpc) is 2.88. The van der Waals surface area contributed by atoms with E-state index in [0.29, 0.717) is 6.54 Å². The number of hydrogen-bond donors (Lipinski definition) is 1. The van der Waals surface area contributed by atoms with Crippen molar-refractivity contribution < 1.29 is 4.74 Å². The van der Waals surface area contributed by atoms with Gasteiger partial charge in [-0.15, -0.1) is 11.3 Å². The minimum atomic E-state index is -0.0183. The van der Waals surface area contributed by atoms with Gasteiger partial charge in [0.1, 0.15) is 0 Å². The molecule has 1 aliphatic heterocycles. The minimum Gasteiger partial charge on any atom is -0.374 e. The van der Waals surface area contributed by atoms with Gasteiger partial charge in [-0.2, -0.15) is 0 Å². The molecule has 108 valence electrons. The molecule has 0 aromatic carbocycles. The molecule has 1 atom stereocenters. The SMILES string of the molecule is CN(Cc1cc(=O)n2ccsc2n1)CC1CNCCO1. The molecule has 0 amide bonds. The third-order valence-electron chi connectivity index (χ3n) is 3.31. The third-order valence-corrected chi connectivity index (χ3v) is 4.06. The van der Waals surface area contributed by atoms with Crippen molar-refractivity contribution in [1.82, 2.24) is 19.6 Å². The highest BCUT2D eigenvalue weighted by Crippen LogP contribution is 2.08. The zero-order valence-electron chi connectivity index (χ0n) is 11.4. The molecule has 2 aromatic heterocycles. The highest BCUT2D eigenvalue weighted by molar-refractivity contribution is 7.15. The maximum atomic E-state index is 11.9. The number of likely N-dealkylation sites (N-methyl/N-ethyl adjacent to an activating group) is 1. The van der Waals surface area contributed by atoms with Gasteiger partial charge >= 0.3 is 0 Å². The van der Waals surface area contributed by atoms with Gasteiger partial charge < -0.3 is 10.1 Å². The molecule has 0 bridgehead atoms. The molecular formula is C13H18N4O2S. The summed E-state index contributed by atoms with van der Waals surface area (Å²) in [5, 5.41) is 5.19. The van der Waals surface area contributed by atoms with Crippen LogP contribution in [0, 0.1) is 0 Å². The summed E-state index contributed by atoms with van der Waals surface area (Å²) in [6.45, 7) is 4.05. The minimum absolute atomic E-state index is 0.0183. The first-order valence-corrected chi connectivity index (χ1v) is 7.57. The van der Waals surface area contributed by atoms with E-state index in [9.17, 15) is 4.79 Å². The monoisotopic (exact) mass is 294 g/mol. The van der Waals surface area contributed by atoms with E-state index >= 15 is 0 Å². The van der Waals surface area contributed by atoms with E-state index in [0.717, 1.165) is 36.9 Å². The molecule has 6 nitrogen and oxygen atoms in total. The number of nitrogens with zero attached hydrogens (tertiary/aromatic N) is 3. The third kappa shape index (κ3) is 3.06. The van der Waals surface area contributed by atoms with Gasteiger partial charge in [0, 0.05) is 43.8 Å². The van der Waals surface area contributed by atoms with Crippen molar-refractivity contribution in [3.8, 4) is 0 Å². The van der Waals surface area contributed by atoms with E-state index in [1.54, 1.807) is 16.7 Å². The molecule has 1 saturated heterocycles. The van der Waals surface area contributed by atoms with E-state index in [4.69, 9.17) is 4.74 Å². The molecule has 1 fully saturated rings. The lowest BCUT2D eigenvalue weighted by Gasteiger charge is -2.27. The molecular weight excluding hydrogens is 276 g/mol. The molecule has 20 heavy (non-hydrogen) atoms. The van der Waals surface area contributed by atoms with Crippen LogP contribution in [-0.2, 0) is 11.3 Å². The van der Waals surface area contributed by atoms with Gasteiger partial charge in [0.05, 0.1) is 18.4 Å². The number of rotatable bonds is 4. The smallest absolute Gasteiger partial charge is 0.258 e. The molecule has 3 heterocycles. The first kappa shape index (κ1) is 13.7. The average molecular weight is 294 g/mol. The van der Waals surface area contributed by atoms with Crippen molar-refractivity contribution in [2.75, 3.05) is 33.3 Å². The normalized spacial score (nSPS) is 19.8. The van der Waals surface area contributed by atoms with Gasteiger partial charge in [0.2, 0.25) is 0 Å². The predicted octanol–water partition coefficient (Wildman–Crippen LogP) is 0.176. The molecule has 0 saturated carbocycles. The fraction of sp³-hybridized carbons (Fsp3) is 0.538. The van der Waals surface area contributed by atoms with E-state index in [1.165, 1.54) is 11.3 Å². The van der Waals surface area contributed by atoms with E-state index < -0.39 is 0 Å². The summed E-state index contributed by atoms with van der Waals surface area (Å²) in [4.78, 5) is 19.3. The Morgan fingerprint density at radius 3 is 3.35 bits per heavy atom. The Balaban J connectivity index is 1.67. The molecule has 1 unspecified atom stereocenters. The van der Waals surface area contributed by atoms with Crippen LogP contribution in [0.1, 0.15) is 5.69 Å². The maximum Gasteiger partial charge on any atom is 0.258 e. The molecule has 0 spiro atoms. The summed E-state index contributed by atoms with van der Waals surface area (Å²) in [5.41, 5.74) is 0.791. The summed E-state index contributed by atoms with van der Waals surface area (Å²) in [6, 6.07) is 1.61. The van der Waals surface area contributed by atoms with Crippen LogP contribution in [-0.4, -0.2) is 53.7 Å². The van der Waals surface area contributed by atoms with Crippen LogP contribution < -0.4 is 10.9 Å². The number of ether oxygens (including phenoxy) is 1. The molecule has 0 aliphatic carbocycles. The van der Waals surface area contributed by atoms with E-state index in [2.05, 4.69) is 15.2 Å². The van der Waals surface area contributed by atoms with Crippen molar-refractivity contribution in [3.05, 3.63) is 33.7 Å². The number of thiazole rings is 1. The van der Waals surface area contributed by atoms with Crippen molar-refractivity contribution in [1.29, 1.82) is 0 Å². The number of morpholine rings is 1. The second kappa shape index (κ2) is 6.01. The summed E-state index contributed by atoms with van der Waals surface area (Å²) in [5.74, 6) is 0. The zero-order chi connectivity index (χ0) is 13.9. The van der Waals surface area contributed by atoms with Gasteiger partial charge in [-0.3, -0.25) is 14.1 Å². The second-order valence-electron chi connectivity index (χ2n) is 5.03. The van der Waals surface area contributed by atoms with Gasteiger partial charge in [-0.1, -0.05) is 0 Å². The first-order chi connectivity index (χ1) is 9.72. The fourth-order valence-electron chi connectivity index (χ4n) is 2.39. The Kier molecular flexibility index (Phi) is 4.11. The highest BCUT2D eigenvalue weighted by Gasteiger charge is 2.16. The van der Waals surface area contributed by atoms with Crippen molar-refractivity contribution in [2.45, 2.75) is 12.6 Å². The van der Waals surface area contributed by atoms with E-state index in [1.807, 2.05) is 12.4 Å². The Bertz CT molecular complexity index is 633. The summed E-state index contributed by atoms with van der Waals surface area (Å²) >= 11 is 1.48. The van der Waals surface area contributed by atoms with Gasteiger partial charge in [0.25, 0.3) is 5.56 Å². The van der Waals surface area contributed by atoms with Gasteiger partial charge in [-0.25, -0.2) is 4.98 Å². The van der Waals surface area contributed by atoms with Crippen LogP contribution in [0.4, 0.5) is 0 Å². The van der Waals surface area contributed by atoms with Crippen LogP contribution >= 0.6 is 11.3 Å². The Labute approximate surface area is 121 Å². The Morgan fingerprint density at radius 2 is 2.55 bits per heavy atom. The Hall–Kier alpha value is -1.28. The molecule has 0 radical (unpaired) electrons. The van der Waals surface area contributed by atoms with Gasteiger partial charge in [0.15, 0.2) is 4.96 Å². The standard InChI is InChI=1S/C13H18N4O2S/c1-16(9-11-7-14-2-4-19-11)8-10-6-12(18)17-3-5-20-13(17)15-10/h3,5-6,11,14H,2,4,7-9H2,1H3. The van der Waals surface area contributed by atoms with Crippen LogP contribution in [0.2, 0.25) is 0 Å². The largest absolute Gasteiger partial charge is 0.374 e. The Morgan fingerprint density at radius 1 is 1.65 bits per heavy atom. The maximum absolute atomic E-state index is 11.9. The van der Waals surface area contributed by atoms with Crippen LogP contribution in [0.5, 0.6) is 0 Å². The molecule has 2 aromatic rings. The molecule has 7 heteroatoms.